The number of aromatic nitrogens is 1. The van der Waals surface area contributed by atoms with Crippen LogP contribution in [0, 0.1) is 11.3 Å². The molecule has 38 heavy (non-hydrogen) atoms. The summed E-state index contributed by atoms with van der Waals surface area (Å²) in [5, 5.41) is 23.3. The van der Waals surface area contributed by atoms with Crippen LogP contribution in [0.5, 0.6) is 5.75 Å². The normalized spacial score (nSPS) is 15.2. The van der Waals surface area contributed by atoms with Crippen LogP contribution >= 0.6 is 24.0 Å². The molecule has 0 saturated carbocycles. The molecular formula is C25H35Cl2N5O5S. The van der Waals surface area contributed by atoms with Gasteiger partial charge in [0.05, 0.1) is 23.9 Å². The van der Waals surface area contributed by atoms with Crippen LogP contribution in [0.25, 0.3) is 0 Å². The number of aryl methyl sites for hydroxylation is 1. The van der Waals surface area contributed by atoms with Crippen molar-refractivity contribution >= 4 is 39.9 Å². The fourth-order valence-electron chi connectivity index (χ4n) is 3.84. The van der Waals surface area contributed by atoms with E-state index in [1.165, 1.54) is 16.4 Å². The summed E-state index contributed by atoms with van der Waals surface area (Å²) in [5.74, 6) is 0.162. The SMILES string of the molecule is CC(C)(CCCc1ccccn1)NCC(O)COc1ccc(NS(=O)(=O)N2CCOCC2)c(Cl)c1C#N.Cl. The molecule has 0 aliphatic carbocycles. The monoisotopic (exact) mass is 587 g/mol. The Hall–Kier alpha value is -2.17. The maximum absolute atomic E-state index is 12.6. The summed E-state index contributed by atoms with van der Waals surface area (Å²) < 4.78 is 39.8. The van der Waals surface area contributed by atoms with Gasteiger partial charge in [0.1, 0.15) is 30.1 Å². The Labute approximate surface area is 235 Å². The van der Waals surface area contributed by atoms with Crippen molar-refractivity contribution in [2.45, 2.75) is 44.8 Å². The van der Waals surface area contributed by atoms with Crippen molar-refractivity contribution in [2.75, 3.05) is 44.2 Å². The lowest BCUT2D eigenvalue weighted by molar-refractivity contribution is 0.0733. The van der Waals surface area contributed by atoms with Gasteiger partial charge in [-0.05, 0) is 57.4 Å². The smallest absolute Gasteiger partial charge is 0.301 e. The molecule has 1 saturated heterocycles. The van der Waals surface area contributed by atoms with E-state index in [9.17, 15) is 18.8 Å². The van der Waals surface area contributed by atoms with Crippen molar-refractivity contribution in [1.82, 2.24) is 14.6 Å². The third-order valence-electron chi connectivity index (χ3n) is 5.97. The van der Waals surface area contributed by atoms with Crippen molar-refractivity contribution < 1.29 is 23.0 Å². The summed E-state index contributed by atoms with van der Waals surface area (Å²) in [5.41, 5.74) is 0.917. The van der Waals surface area contributed by atoms with E-state index < -0.39 is 16.3 Å². The van der Waals surface area contributed by atoms with E-state index in [2.05, 4.69) is 28.9 Å². The summed E-state index contributed by atoms with van der Waals surface area (Å²) in [6.07, 6.45) is 3.69. The highest BCUT2D eigenvalue weighted by Gasteiger charge is 2.26. The summed E-state index contributed by atoms with van der Waals surface area (Å²) in [6.45, 7) is 5.45. The molecule has 0 spiro atoms. The van der Waals surface area contributed by atoms with Crippen LogP contribution in [-0.2, 0) is 21.4 Å². The van der Waals surface area contributed by atoms with Crippen LogP contribution in [0.15, 0.2) is 36.5 Å². The van der Waals surface area contributed by atoms with Gasteiger partial charge in [-0.3, -0.25) is 9.71 Å². The van der Waals surface area contributed by atoms with Crippen molar-refractivity contribution in [1.29, 1.82) is 5.26 Å². The van der Waals surface area contributed by atoms with Gasteiger partial charge >= 0.3 is 10.2 Å². The van der Waals surface area contributed by atoms with Gasteiger partial charge in [0.25, 0.3) is 0 Å². The summed E-state index contributed by atoms with van der Waals surface area (Å²) in [7, 11) is -3.85. The second kappa shape index (κ2) is 14.8. The third-order valence-corrected chi connectivity index (χ3v) is 7.89. The van der Waals surface area contributed by atoms with Crippen LogP contribution in [0.4, 0.5) is 5.69 Å². The fraction of sp³-hybridized carbons (Fsp3) is 0.520. The Bertz CT molecular complexity index is 1170. The van der Waals surface area contributed by atoms with Crippen LogP contribution in [-0.4, -0.2) is 73.9 Å². The predicted molar refractivity (Wildman–Crippen MR) is 149 cm³/mol. The number of pyridine rings is 1. The number of β-amino-alcohol motifs (C(OH)–C–C–N with tert-alkyl or cyclic N) is 1. The number of rotatable bonds is 13. The molecule has 1 atom stereocenters. The number of aliphatic hydroxyl groups excluding tert-OH is 1. The molecule has 10 nitrogen and oxygen atoms in total. The first-order valence-corrected chi connectivity index (χ1v) is 14.0. The fourth-order valence-corrected chi connectivity index (χ4v) is 5.35. The van der Waals surface area contributed by atoms with Crippen LogP contribution in [0.2, 0.25) is 5.02 Å². The minimum atomic E-state index is -3.85. The minimum Gasteiger partial charge on any atom is -0.489 e. The lowest BCUT2D eigenvalue weighted by atomic mass is 9.96. The van der Waals surface area contributed by atoms with Gasteiger partial charge in [-0.15, -0.1) is 12.4 Å². The maximum Gasteiger partial charge on any atom is 0.301 e. The molecule has 0 bridgehead atoms. The van der Waals surface area contributed by atoms with E-state index in [1.807, 2.05) is 24.3 Å². The van der Waals surface area contributed by atoms with Gasteiger partial charge in [0.15, 0.2) is 0 Å². The number of ether oxygens (including phenoxy) is 2. The zero-order chi connectivity index (χ0) is 26.9. The highest BCUT2D eigenvalue weighted by atomic mass is 35.5. The number of hydrogen-bond acceptors (Lipinski definition) is 8. The number of nitrogens with one attached hydrogen (secondary N) is 2. The Morgan fingerprint density at radius 1 is 1.29 bits per heavy atom. The van der Waals surface area contributed by atoms with Gasteiger partial charge in [0, 0.05) is 37.1 Å². The molecular weight excluding hydrogens is 553 g/mol. The number of aliphatic hydroxyl groups is 1. The van der Waals surface area contributed by atoms with Gasteiger partial charge < -0.3 is 19.9 Å². The molecule has 3 N–H and O–H groups in total. The quantitative estimate of drug-likeness (QED) is 0.325. The van der Waals surface area contributed by atoms with E-state index in [4.69, 9.17) is 21.1 Å². The molecule has 1 aromatic carbocycles. The van der Waals surface area contributed by atoms with E-state index >= 15 is 0 Å². The highest BCUT2D eigenvalue weighted by molar-refractivity contribution is 7.90. The lowest BCUT2D eigenvalue weighted by Crippen LogP contribution is -2.44. The highest BCUT2D eigenvalue weighted by Crippen LogP contribution is 2.33. The average Bonchev–Trinajstić information content (AvgIpc) is 2.88. The first-order valence-electron chi connectivity index (χ1n) is 12.2. The van der Waals surface area contributed by atoms with Crippen molar-refractivity contribution in [2.24, 2.45) is 0 Å². The van der Waals surface area contributed by atoms with Crippen LogP contribution in [0.1, 0.15) is 37.9 Å². The van der Waals surface area contributed by atoms with E-state index in [0.717, 1.165) is 25.0 Å². The number of hydrogen-bond donors (Lipinski definition) is 3. The number of nitrogens with zero attached hydrogens (tertiary/aromatic N) is 3. The molecule has 1 aliphatic heterocycles. The number of nitriles is 1. The standard InChI is InChI=1S/C25H34ClN5O5S.ClH/c1-25(2,10-5-7-19-6-3-4-11-28-19)29-17-20(32)18-36-23-9-8-22(24(26)21(23)16-27)30-37(33,34)31-12-14-35-15-13-31;/h3-4,6,8-9,11,20,29-30,32H,5,7,10,12-15,17-18H2,1-2H3;1H. The molecule has 2 heterocycles. The van der Waals surface area contributed by atoms with E-state index in [-0.39, 0.29) is 59.7 Å². The second-order valence-corrected chi connectivity index (χ2v) is 11.5. The Morgan fingerprint density at radius 3 is 2.68 bits per heavy atom. The van der Waals surface area contributed by atoms with E-state index in [1.54, 1.807) is 6.20 Å². The number of halogens is 2. The van der Waals surface area contributed by atoms with Gasteiger partial charge in [0.2, 0.25) is 0 Å². The summed E-state index contributed by atoms with van der Waals surface area (Å²) >= 11 is 6.34. The van der Waals surface area contributed by atoms with Crippen LogP contribution < -0.4 is 14.8 Å². The average molecular weight is 589 g/mol. The van der Waals surface area contributed by atoms with Gasteiger partial charge in [-0.1, -0.05) is 17.7 Å². The predicted octanol–water partition coefficient (Wildman–Crippen LogP) is 3.15. The molecule has 2 aromatic rings. The number of benzene rings is 1. The first kappa shape index (κ1) is 32.0. The summed E-state index contributed by atoms with van der Waals surface area (Å²) in [6, 6.07) is 10.7. The lowest BCUT2D eigenvalue weighted by Gasteiger charge is -2.28. The number of morpholine rings is 1. The van der Waals surface area contributed by atoms with Crippen molar-refractivity contribution in [3.63, 3.8) is 0 Å². The third kappa shape index (κ3) is 9.54. The molecule has 0 radical (unpaired) electrons. The van der Waals surface area contributed by atoms with Gasteiger partial charge in [-0.2, -0.15) is 18.0 Å². The molecule has 0 amide bonds. The Balaban J connectivity index is 0.00000507. The second-order valence-electron chi connectivity index (χ2n) is 9.43. The minimum absolute atomic E-state index is 0. The molecule has 1 aromatic heterocycles. The molecule has 1 unspecified atom stereocenters. The molecule has 13 heteroatoms. The maximum atomic E-state index is 12.6. The summed E-state index contributed by atoms with van der Waals surface area (Å²) in [4.78, 5) is 4.34. The van der Waals surface area contributed by atoms with Gasteiger partial charge in [-0.25, -0.2) is 0 Å². The molecule has 3 rings (SSSR count). The molecule has 1 fully saturated rings. The van der Waals surface area contributed by atoms with Crippen molar-refractivity contribution in [3.05, 3.63) is 52.8 Å². The Morgan fingerprint density at radius 2 is 2.03 bits per heavy atom. The first-order chi connectivity index (χ1) is 17.6. The zero-order valence-corrected chi connectivity index (χ0v) is 23.9. The van der Waals surface area contributed by atoms with E-state index in [0.29, 0.717) is 19.8 Å². The topological polar surface area (TPSA) is 137 Å². The Kier molecular flexibility index (Phi) is 12.5. The largest absolute Gasteiger partial charge is 0.489 e. The molecule has 1 aliphatic rings. The van der Waals surface area contributed by atoms with Crippen molar-refractivity contribution in [3.8, 4) is 11.8 Å². The molecule has 210 valence electrons. The zero-order valence-electron chi connectivity index (χ0n) is 21.5. The van der Waals surface area contributed by atoms with Crippen LogP contribution in [0.3, 0.4) is 0 Å². The number of anilines is 1.